The summed E-state index contributed by atoms with van der Waals surface area (Å²) in [5, 5.41) is 0. The second-order valence-corrected chi connectivity index (χ2v) is 10.4. The lowest BCUT2D eigenvalue weighted by molar-refractivity contribution is -0.179. The smallest absolute Gasteiger partial charge is 0.356 e. The molecule has 0 atom stereocenters. The van der Waals surface area contributed by atoms with Crippen LogP contribution in [0.5, 0.6) is 0 Å². The molecule has 4 aromatic heterocycles. The maximum atomic E-state index is 13.2. The van der Waals surface area contributed by atoms with Crippen molar-refractivity contribution in [2.24, 2.45) is 13.0 Å². The van der Waals surface area contributed by atoms with E-state index in [0.717, 1.165) is 6.20 Å². The number of pyridine rings is 1. The average Bonchev–Trinajstić information content (AvgIpc) is 3.52. The van der Waals surface area contributed by atoms with Crippen molar-refractivity contribution in [2.45, 2.75) is 31.7 Å². The highest BCUT2D eigenvalue weighted by Gasteiger charge is 2.41. The second-order valence-electron chi connectivity index (χ2n) is 10.4. The monoisotopic (exact) mass is 602 g/mol. The van der Waals surface area contributed by atoms with Crippen molar-refractivity contribution in [1.29, 1.82) is 0 Å². The van der Waals surface area contributed by atoms with Gasteiger partial charge in [-0.05, 0) is 30.5 Å². The highest BCUT2D eigenvalue weighted by atomic mass is 19.4. The van der Waals surface area contributed by atoms with Crippen LogP contribution in [-0.4, -0.2) is 53.3 Å². The fourth-order valence-corrected chi connectivity index (χ4v) is 5.28. The number of fused-ring (bicyclic) bond motifs is 1. The summed E-state index contributed by atoms with van der Waals surface area (Å²) in [6, 6.07) is 10.0. The first-order chi connectivity index (χ1) is 20.4. The predicted molar refractivity (Wildman–Crippen MR) is 145 cm³/mol. The van der Waals surface area contributed by atoms with E-state index in [4.69, 9.17) is 0 Å². The Morgan fingerprint density at radius 2 is 1.70 bits per heavy atom. The lowest BCUT2D eigenvalue weighted by Crippen LogP contribution is -2.39. The van der Waals surface area contributed by atoms with E-state index in [1.165, 1.54) is 22.4 Å². The van der Waals surface area contributed by atoms with Crippen molar-refractivity contribution in [3.63, 3.8) is 0 Å². The first-order valence-corrected chi connectivity index (χ1v) is 13.3. The highest BCUT2D eigenvalue weighted by molar-refractivity contribution is 5.77. The minimum Gasteiger partial charge on any atom is -0.356 e. The molecule has 0 bridgehead atoms. The van der Waals surface area contributed by atoms with Gasteiger partial charge in [0.15, 0.2) is 17.2 Å². The number of hydrogen-bond acceptors (Lipinski definition) is 6. The topological polar surface area (TPSA) is 97.5 Å². The second kappa shape index (κ2) is 10.5. The number of aromatic amines is 1. The van der Waals surface area contributed by atoms with Gasteiger partial charge in [-0.25, -0.2) is 24.7 Å². The molecule has 224 valence electrons. The molecule has 15 heteroatoms. The molecule has 0 saturated carbocycles. The van der Waals surface area contributed by atoms with Crippen LogP contribution in [-0.2, 0) is 19.8 Å². The number of nitrogens with one attached hydrogen (secondary N) is 1. The third kappa shape index (κ3) is 5.58. The molecule has 1 aliphatic rings. The molecule has 0 radical (unpaired) electrons. The van der Waals surface area contributed by atoms with Crippen molar-refractivity contribution < 1.29 is 26.3 Å². The van der Waals surface area contributed by atoms with Crippen molar-refractivity contribution >= 4 is 17.0 Å². The Morgan fingerprint density at radius 1 is 0.977 bits per heavy atom. The molecule has 1 fully saturated rings. The first kappa shape index (κ1) is 28.4. The van der Waals surface area contributed by atoms with E-state index in [2.05, 4.69) is 24.9 Å². The summed E-state index contributed by atoms with van der Waals surface area (Å²) in [6.07, 6.45) is -4.95. The van der Waals surface area contributed by atoms with Gasteiger partial charge >= 0.3 is 18.0 Å². The quantitative estimate of drug-likeness (QED) is 0.270. The molecular formula is C28H24F6N8O. The summed E-state index contributed by atoms with van der Waals surface area (Å²) in [7, 11) is 1.48. The molecule has 0 unspecified atom stereocenters. The van der Waals surface area contributed by atoms with Crippen LogP contribution in [0.15, 0.2) is 59.8 Å². The average molecular weight is 603 g/mol. The number of aromatic nitrogens is 7. The summed E-state index contributed by atoms with van der Waals surface area (Å²) in [5.74, 6) is -0.485. The van der Waals surface area contributed by atoms with Gasteiger partial charge < -0.3 is 14.5 Å². The zero-order valence-electron chi connectivity index (χ0n) is 22.6. The molecule has 5 aromatic rings. The number of anilines is 1. The number of piperidine rings is 1. The molecule has 5 heterocycles. The zero-order valence-corrected chi connectivity index (χ0v) is 22.6. The summed E-state index contributed by atoms with van der Waals surface area (Å²) in [4.78, 5) is 34.5. The number of benzene rings is 1. The minimum absolute atomic E-state index is 0.0425. The van der Waals surface area contributed by atoms with E-state index in [1.54, 1.807) is 47.5 Å². The Kier molecular flexibility index (Phi) is 6.97. The van der Waals surface area contributed by atoms with Crippen LogP contribution in [0.1, 0.15) is 24.1 Å². The van der Waals surface area contributed by atoms with Crippen LogP contribution < -0.4 is 10.6 Å². The molecule has 6 rings (SSSR count). The highest BCUT2D eigenvalue weighted by Crippen LogP contribution is 2.37. The van der Waals surface area contributed by atoms with Crippen LogP contribution in [0.25, 0.3) is 33.9 Å². The number of halogens is 6. The lowest BCUT2D eigenvalue weighted by atomic mass is 9.96. The van der Waals surface area contributed by atoms with Crippen molar-refractivity contribution in [2.75, 3.05) is 18.0 Å². The van der Waals surface area contributed by atoms with Crippen LogP contribution in [0.3, 0.4) is 0 Å². The Bertz CT molecular complexity index is 1830. The third-order valence-corrected chi connectivity index (χ3v) is 7.52. The predicted octanol–water partition coefficient (Wildman–Crippen LogP) is 5.43. The van der Waals surface area contributed by atoms with Gasteiger partial charge in [-0.3, -0.25) is 4.57 Å². The van der Waals surface area contributed by atoms with Gasteiger partial charge in [0, 0.05) is 38.1 Å². The Balaban J connectivity index is 1.27. The van der Waals surface area contributed by atoms with Gasteiger partial charge in [-0.1, -0.05) is 24.3 Å². The van der Waals surface area contributed by atoms with E-state index < -0.39 is 29.7 Å². The maximum absolute atomic E-state index is 13.2. The Hall–Kier alpha value is -4.69. The van der Waals surface area contributed by atoms with Crippen molar-refractivity contribution in [3.05, 3.63) is 76.7 Å². The van der Waals surface area contributed by atoms with Crippen molar-refractivity contribution in [3.8, 4) is 22.8 Å². The van der Waals surface area contributed by atoms with Crippen LogP contribution in [0.4, 0.5) is 32.2 Å². The maximum Gasteiger partial charge on any atom is 0.434 e. The molecule has 1 saturated heterocycles. The van der Waals surface area contributed by atoms with Crippen LogP contribution in [0, 0.1) is 5.92 Å². The molecular weight excluding hydrogens is 578 g/mol. The molecule has 1 N–H and O–H groups in total. The molecule has 9 nitrogen and oxygen atoms in total. The van der Waals surface area contributed by atoms with Crippen LogP contribution in [0.2, 0.25) is 0 Å². The molecule has 1 aliphatic heterocycles. The zero-order chi connectivity index (χ0) is 30.5. The number of hydrogen-bond donors (Lipinski definition) is 1. The van der Waals surface area contributed by atoms with Gasteiger partial charge in [-0.15, -0.1) is 0 Å². The fourth-order valence-electron chi connectivity index (χ4n) is 5.28. The van der Waals surface area contributed by atoms with Gasteiger partial charge in [0.25, 0.3) is 0 Å². The minimum atomic E-state index is -4.56. The van der Waals surface area contributed by atoms with Gasteiger partial charge in [0.2, 0.25) is 0 Å². The van der Waals surface area contributed by atoms with E-state index in [1.807, 2.05) is 0 Å². The number of nitrogens with zero attached hydrogens (tertiary/aromatic N) is 7. The van der Waals surface area contributed by atoms with Gasteiger partial charge in [0.1, 0.15) is 17.2 Å². The Morgan fingerprint density at radius 3 is 2.35 bits per heavy atom. The number of imidazole rings is 2. The number of alkyl halides is 6. The molecule has 0 amide bonds. The van der Waals surface area contributed by atoms with E-state index in [9.17, 15) is 31.1 Å². The number of aryl methyl sites for hydroxylation is 1. The summed E-state index contributed by atoms with van der Waals surface area (Å²) < 4.78 is 81.5. The summed E-state index contributed by atoms with van der Waals surface area (Å²) in [6.45, 7) is 0.461. The SMILES string of the molecule is Cn1cc(C(F)(F)F)nc1-c1ccc(Cn2c(=O)[nH]c3cnc(-c4cccnc4N4CCC(C(F)(F)F)CC4)nc32)cc1. The number of H-pyrrole nitrogens is 1. The fraction of sp³-hybridized carbons (Fsp3) is 0.321. The molecule has 0 aliphatic carbocycles. The normalized spacial score (nSPS) is 15.0. The third-order valence-electron chi connectivity index (χ3n) is 7.52. The molecule has 1 aromatic carbocycles. The standard InChI is InChI=1S/C28H24F6N8O/c1-40-15-21(28(32,33)34)38-23(40)17-6-4-16(5-7-17)14-42-25-20(37-26(42)43)13-36-22(39-25)19-3-2-10-35-24(19)41-11-8-18(9-12-41)27(29,30)31/h2-7,10,13,15,18H,8-9,11-12,14H2,1H3,(H,37,43). The van der Waals surface area contributed by atoms with Crippen LogP contribution >= 0.6 is 0 Å². The van der Waals surface area contributed by atoms with Crippen molar-refractivity contribution in [1.82, 2.24) is 34.1 Å². The molecule has 43 heavy (non-hydrogen) atoms. The van der Waals surface area contributed by atoms with Gasteiger partial charge in [-0.2, -0.15) is 26.3 Å². The van der Waals surface area contributed by atoms with E-state index in [-0.39, 0.29) is 44.1 Å². The summed E-state index contributed by atoms with van der Waals surface area (Å²) >= 11 is 0. The summed E-state index contributed by atoms with van der Waals surface area (Å²) in [5.41, 5.74) is 0.945. The van der Waals surface area contributed by atoms with E-state index in [0.29, 0.717) is 33.7 Å². The first-order valence-electron chi connectivity index (χ1n) is 13.3. The Labute approximate surface area is 239 Å². The molecule has 0 spiro atoms. The number of rotatable bonds is 5. The van der Waals surface area contributed by atoms with E-state index >= 15 is 0 Å². The van der Waals surface area contributed by atoms with Gasteiger partial charge in [0.05, 0.1) is 24.2 Å². The largest absolute Gasteiger partial charge is 0.434 e. The lowest BCUT2D eigenvalue weighted by Gasteiger charge is -2.34.